The van der Waals surface area contributed by atoms with Crippen LogP contribution in [-0.2, 0) is 16.4 Å². The number of benzene rings is 1. The van der Waals surface area contributed by atoms with E-state index in [1.54, 1.807) is 17.5 Å². The summed E-state index contributed by atoms with van der Waals surface area (Å²) in [7, 11) is -3.48. The van der Waals surface area contributed by atoms with Gasteiger partial charge in [-0.15, -0.1) is 35.3 Å². The number of sulfone groups is 1. The Kier molecular flexibility index (Phi) is 10.3. The summed E-state index contributed by atoms with van der Waals surface area (Å²) < 4.78 is 27.0. The van der Waals surface area contributed by atoms with Gasteiger partial charge in [0.1, 0.15) is 4.21 Å². The minimum absolute atomic E-state index is 0. The second-order valence-electron chi connectivity index (χ2n) is 6.94. The average molecular weight is 577 g/mol. The highest BCUT2D eigenvalue weighted by Gasteiger charge is 2.20. The lowest BCUT2D eigenvalue weighted by Gasteiger charge is -2.13. The average Bonchev–Trinajstić information content (AvgIpc) is 3.40. The predicted molar refractivity (Wildman–Crippen MR) is 138 cm³/mol. The molecule has 0 aliphatic carbocycles. The molecular formula is C21H29IN4O3S2. The molecule has 170 valence electrons. The van der Waals surface area contributed by atoms with Crippen LogP contribution in [0.25, 0.3) is 10.9 Å². The zero-order chi connectivity index (χ0) is 21.4. The Morgan fingerprint density at radius 2 is 2.00 bits per heavy atom. The number of nitrogens with zero attached hydrogens (tertiary/aromatic N) is 2. The largest absolute Gasteiger partial charge is 0.390 e. The number of fused-ring (bicyclic) bond motifs is 1. The number of aromatic nitrogens is 1. The molecule has 1 atom stereocenters. The number of para-hydroxylation sites is 1. The van der Waals surface area contributed by atoms with E-state index >= 15 is 0 Å². The third-order valence-electron chi connectivity index (χ3n) is 4.57. The Labute approximate surface area is 204 Å². The van der Waals surface area contributed by atoms with Gasteiger partial charge in [0.15, 0.2) is 15.8 Å². The molecule has 0 saturated carbocycles. The number of thiophene rings is 1. The molecule has 2 heterocycles. The highest BCUT2D eigenvalue weighted by atomic mass is 127. The van der Waals surface area contributed by atoms with Crippen molar-refractivity contribution in [1.29, 1.82) is 0 Å². The summed E-state index contributed by atoms with van der Waals surface area (Å²) in [5, 5.41) is 19.5. The summed E-state index contributed by atoms with van der Waals surface area (Å²) in [5.74, 6) is 0.236. The van der Waals surface area contributed by atoms with Crippen LogP contribution in [0.1, 0.15) is 13.3 Å². The van der Waals surface area contributed by atoms with Gasteiger partial charge in [-0.1, -0.05) is 24.3 Å². The second-order valence-corrected chi connectivity index (χ2v) is 10.1. The van der Waals surface area contributed by atoms with Gasteiger partial charge in [-0.3, -0.25) is 4.99 Å². The van der Waals surface area contributed by atoms with E-state index in [-0.39, 0.29) is 40.5 Å². The lowest BCUT2D eigenvalue weighted by Crippen LogP contribution is -2.39. The Hall–Kier alpha value is -1.63. The van der Waals surface area contributed by atoms with Crippen molar-refractivity contribution in [2.45, 2.75) is 30.2 Å². The lowest BCUT2D eigenvalue weighted by molar-refractivity contribution is 0.206. The van der Waals surface area contributed by atoms with Crippen LogP contribution >= 0.6 is 35.3 Å². The van der Waals surface area contributed by atoms with Gasteiger partial charge >= 0.3 is 0 Å². The van der Waals surface area contributed by atoms with Crippen LogP contribution in [0.15, 0.2) is 63.2 Å². The molecule has 0 spiro atoms. The first-order valence-corrected chi connectivity index (χ1v) is 12.5. The second kappa shape index (κ2) is 12.4. The Morgan fingerprint density at radius 1 is 1.19 bits per heavy atom. The molecule has 2 aromatic heterocycles. The van der Waals surface area contributed by atoms with E-state index in [4.69, 9.17) is 0 Å². The number of rotatable bonds is 10. The molecule has 0 aliphatic rings. The quantitative estimate of drug-likeness (QED) is 0.149. The van der Waals surface area contributed by atoms with Gasteiger partial charge < -0.3 is 20.3 Å². The van der Waals surface area contributed by atoms with Crippen LogP contribution in [0.2, 0.25) is 0 Å². The molecular weight excluding hydrogens is 547 g/mol. The Morgan fingerprint density at radius 3 is 2.74 bits per heavy atom. The molecule has 0 aliphatic heterocycles. The number of aliphatic imine (C=N–C) groups is 1. The van der Waals surface area contributed by atoms with Crippen molar-refractivity contribution in [3.05, 3.63) is 54.0 Å². The number of aryl methyl sites for hydroxylation is 1. The Balaban J connectivity index is 0.00000341. The first-order chi connectivity index (χ1) is 14.5. The van der Waals surface area contributed by atoms with Crippen LogP contribution in [0.4, 0.5) is 0 Å². The fourth-order valence-corrected chi connectivity index (χ4v) is 5.63. The number of guanidine groups is 1. The predicted octanol–water partition coefficient (Wildman–Crippen LogP) is 3.10. The van der Waals surface area contributed by atoms with Crippen molar-refractivity contribution < 1.29 is 13.5 Å². The molecule has 7 nitrogen and oxygen atoms in total. The molecule has 0 saturated heterocycles. The molecule has 1 aromatic carbocycles. The van der Waals surface area contributed by atoms with E-state index in [0.29, 0.717) is 19.0 Å². The van der Waals surface area contributed by atoms with E-state index in [1.807, 2.05) is 19.1 Å². The lowest BCUT2D eigenvalue weighted by atomic mass is 10.2. The normalized spacial score (nSPS) is 13.0. The molecule has 3 rings (SSSR count). The maximum absolute atomic E-state index is 12.3. The van der Waals surface area contributed by atoms with Crippen molar-refractivity contribution in [3.8, 4) is 0 Å². The Bertz CT molecular complexity index is 1070. The van der Waals surface area contributed by atoms with Crippen molar-refractivity contribution in [3.63, 3.8) is 0 Å². The molecule has 3 aromatic rings. The van der Waals surface area contributed by atoms with Crippen molar-refractivity contribution in [1.82, 2.24) is 15.2 Å². The van der Waals surface area contributed by atoms with E-state index in [2.05, 4.69) is 44.6 Å². The third-order valence-corrected chi connectivity index (χ3v) is 7.85. The molecule has 0 radical (unpaired) electrons. The summed E-state index contributed by atoms with van der Waals surface area (Å²) in [6.07, 6.45) is 1.94. The fraction of sp³-hybridized carbons (Fsp3) is 0.381. The summed E-state index contributed by atoms with van der Waals surface area (Å²) in [6.45, 7) is 4.24. The van der Waals surface area contributed by atoms with Crippen molar-refractivity contribution in [2.24, 2.45) is 4.99 Å². The highest BCUT2D eigenvalue weighted by molar-refractivity contribution is 14.0. The van der Waals surface area contributed by atoms with Gasteiger partial charge in [-0.25, -0.2) is 8.42 Å². The van der Waals surface area contributed by atoms with Gasteiger partial charge in [0.2, 0.25) is 0 Å². The first kappa shape index (κ1) is 25.6. The number of hydrogen-bond acceptors (Lipinski definition) is 5. The number of halogens is 1. The van der Waals surface area contributed by atoms with Crippen LogP contribution in [0.3, 0.4) is 0 Å². The molecule has 31 heavy (non-hydrogen) atoms. The standard InChI is InChI=1S/C21H28N4O3S2.HI/c1-2-22-21(24-15-18(26)16-30(27,28)20-9-5-14-29-20)23-11-6-12-25-13-10-17-7-3-4-8-19(17)25;/h3-5,7-10,13-14,18,26H,2,6,11-12,15-16H2,1H3,(H2,22,23,24);1H. The minimum atomic E-state index is -3.48. The maximum atomic E-state index is 12.3. The van der Waals surface area contributed by atoms with E-state index < -0.39 is 15.9 Å². The highest BCUT2D eigenvalue weighted by Crippen LogP contribution is 2.18. The van der Waals surface area contributed by atoms with Crippen LogP contribution in [0, 0.1) is 0 Å². The third kappa shape index (κ3) is 7.48. The van der Waals surface area contributed by atoms with Crippen LogP contribution in [0.5, 0.6) is 0 Å². The summed E-state index contributed by atoms with van der Waals surface area (Å²) in [5.41, 5.74) is 1.22. The molecule has 10 heteroatoms. The van der Waals surface area contributed by atoms with E-state index in [9.17, 15) is 13.5 Å². The monoisotopic (exact) mass is 576 g/mol. The number of aliphatic hydroxyl groups excluding tert-OH is 1. The van der Waals surface area contributed by atoms with Crippen molar-refractivity contribution >= 4 is 62.0 Å². The maximum Gasteiger partial charge on any atom is 0.191 e. The van der Waals surface area contributed by atoms with E-state index in [1.165, 1.54) is 10.9 Å². The number of nitrogens with one attached hydrogen (secondary N) is 2. The van der Waals surface area contributed by atoms with Crippen molar-refractivity contribution in [2.75, 3.05) is 25.4 Å². The summed E-state index contributed by atoms with van der Waals surface area (Å²) in [6, 6.07) is 13.6. The van der Waals surface area contributed by atoms with Crippen LogP contribution < -0.4 is 10.6 Å². The topological polar surface area (TPSA) is 95.7 Å². The molecule has 0 fully saturated rings. The first-order valence-electron chi connectivity index (χ1n) is 10.00. The van der Waals surface area contributed by atoms with E-state index in [0.717, 1.165) is 24.3 Å². The molecule has 0 amide bonds. The molecule has 3 N–H and O–H groups in total. The zero-order valence-corrected chi connectivity index (χ0v) is 21.4. The van der Waals surface area contributed by atoms with Gasteiger partial charge in [-0.2, -0.15) is 0 Å². The smallest absolute Gasteiger partial charge is 0.191 e. The molecule has 0 bridgehead atoms. The number of aliphatic hydroxyl groups is 1. The summed E-state index contributed by atoms with van der Waals surface area (Å²) in [4.78, 5) is 4.34. The number of hydrogen-bond donors (Lipinski definition) is 3. The SMILES string of the molecule is CCNC(=NCC(O)CS(=O)(=O)c1cccs1)NCCCn1ccc2ccccc21.I. The summed E-state index contributed by atoms with van der Waals surface area (Å²) >= 11 is 1.16. The van der Waals surface area contributed by atoms with Gasteiger partial charge in [0, 0.05) is 31.3 Å². The van der Waals surface area contributed by atoms with Gasteiger partial charge in [0.25, 0.3) is 0 Å². The molecule has 1 unspecified atom stereocenters. The van der Waals surface area contributed by atoms with Gasteiger partial charge in [0.05, 0.1) is 18.4 Å². The van der Waals surface area contributed by atoms with Crippen LogP contribution in [-0.4, -0.2) is 55.5 Å². The fourth-order valence-electron chi connectivity index (χ4n) is 3.16. The zero-order valence-electron chi connectivity index (χ0n) is 17.4. The minimum Gasteiger partial charge on any atom is -0.390 e. The van der Waals surface area contributed by atoms with Gasteiger partial charge in [-0.05, 0) is 42.3 Å².